The molecule has 1 unspecified atom stereocenters. The van der Waals surface area contributed by atoms with Crippen molar-refractivity contribution >= 4 is 11.9 Å². The number of carbonyl (C=O) groups is 2. The van der Waals surface area contributed by atoms with Crippen molar-refractivity contribution in [3.8, 4) is 0 Å². The Bertz CT molecular complexity index is 201. The summed E-state index contributed by atoms with van der Waals surface area (Å²) in [6.07, 6.45) is 2.82. The molecule has 0 amide bonds. The number of ether oxygens (including phenoxy) is 2. The first-order valence-corrected chi connectivity index (χ1v) is 5.47. The zero-order chi connectivity index (χ0) is 11.7. The maximum Gasteiger partial charge on any atom is 0.311 e. The van der Waals surface area contributed by atoms with E-state index in [2.05, 4.69) is 4.74 Å². The first-order chi connectivity index (χ1) is 7.15. The van der Waals surface area contributed by atoms with Crippen molar-refractivity contribution in [2.75, 3.05) is 6.79 Å². The molecule has 15 heavy (non-hydrogen) atoms. The molecule has 0 aliphatic heterocycles. The van der Waals surface area contributed by atoms with Gasteiger partial charge in [0, 0.05) is 6.42 Å². The molecule has 0 N–H and O–H groups in total. The Morgan fingerprint density at radius 1 is 1.13 bits per heavy atom. The average Bonchev–Trinajstić information content (AvgIpc) is 2.25. The van der Waals surface area contributed by atoms with Crippen LogP contribution in [0.2, 0.25) is 0 Å². The standard InChI is InChI=1S/C11H20O4/c1-4-7-9(5-2)11(13)15-8-14-10(12)6-3/h9H,4-8H2,1-3H3. The van der Waals surface area contributed by atoms with Gasteiger partial charge in [-0.1, -0.05) is 27.2 Å². The van der Waals surface area contributed by atoms with Crippen molar-refractivity contribution in [1.29, 1.82) is 0 Å². The van der Waals surface area contributed by atoms with Gasteiger partial charge in [0.2, 0.25) is 6.79 Å². The zero-order valence-corrected chi connectivity index (χ0v) is 9.75. The second-order valence-electron chi connectivity index (χ2n) is 3.34. The number of rotatable bonds is 7. The minimum absolute atomic E-state index is 0.0738. The predicted octanol–water partition coefficient (Wildman–Crippen LogP) is 2.27. The number of hydrogen-bond donors (Lipinski definition) is 0. The molecule has 0 bridgehead atoms. The Labute approximate surface area is 90.9 Å². The van der Waals surface area contributed by atoms with Crippen LogP contribution in [-0.4, -0.2) is 18.7 Å². The molecule has 4 nitrogen and oxygen atoms in total. The lowest BCUT2D eigenvalue weighted by molar-refractivity contribution is -0.170. The molecule has 0 saturated heterocycles. The van der Waals surface area contributed by atoms with Crippen LogP contribution in [0, 0.1) is 5.92 Å². The molecule has 88 valence electrons. The molecular weight excluding hydrogens is 196 g/mol. The first-order valence-electron chi connectivity index (χ1n) is 5.47. The highest BCUT2D eigenvalue weighted by Crippen LogP contribution is 2.12. The Hall–Kier alpha value is -1.06. The van der Waals surface area contributed by atoms with Gasteiger partial charge in [-0.05, 0) is 12.8 Å². The van der Waals surface area contributed by atoms with E-state index < -0.39 is 0 Å². The van der Waals surface area contributed by atoms with E-state index in [9.17, 15) is 9.59 Å². The van der Waals surface area contributed by atoms with Crippen molar-refractivity contribution < 1.29 is 19.1 Å². The second kappa shape index (κ2) is 8.26. The van der Waals surface area contributed by atoms with Crippen LogP contribution < -0.4 is 0 Å². The van der Waals surface area contributed by atoms with E-state index in [1.165, 1.54) is 0 Å². The van der Waals surface area contributed by atoms with E-state index in [0.29, 0.717) is 6.42 Å². The molecule has 0 spiro atoms. The Balaban J connectivity index is 3.75. The van der Waals surface area contributed by atoms with Crippen molar-refractivity contribution in [2.24, 2.45) is 5.92 Å². The van der Waals surface area contributed by atoms with Gasteiger partial charge in [0.1, 0.15) is 0 Å². The smallest absolute Gasteiger partial charge is 0.311 e. The SMILES string of the molecule is CCCC(CC)C(=O)OCOC(=O)CC. The maximum absolute atomic E-state index is 11.4. The maximum atomic E-state index is 11.4. The highest BCUT2D eigenvalue weighted by molar-refractivity contribution is 5.72. The number of hydrogen-bond acceptors (Lipinski definition) is 4. The van der Waals surface area contributed by atoms with Crippen LogP contribution in [0.1, 0.15) is 46.5 Å². The van der Waals surface area contributed by atoms with Crippen LogP contribution in [0.15, 0.2) is 0 Å². The Kier molecular flexibility index (Phi) is 7.68. The third-order valence-electron chi connectivity index (χ3n) is 2.17. The summed E-state index contributed by atoms with van der Waals surface area (Å²) >= 11 is 0. The van der Waals surface area contributed by atoms with Gasteiger partial charge in [0.05, 0.1) is 5.92 Å². The zero-order valence-electron chi connectivity index (χ0n) is 9.75. The van der Waals surface area contributed by atoms with Crippen molar-refractivity contribution in [3.05, 3.63) is 0 Å². The molecule has 0 fully saturated rings. The lowest BCUT2D eigenvalue weighted by Gasteiger charge is -2.12. The van der Waals surface area contributed by atoms with E-state index in [1.54, 1.807) is 6.92 Å². The fourth-order valence-electron chi connectivity index (χ4n) is 1.21. The van der Waals surface area contributed by atoms with Crippen LogP contribution in [0.5, 0.6) is 0 Å². The van der Waals surface area contributed by atoms with E-state index >= 15 is 0 Å². The number of esters is 2. The van der Waals surface area contributed by atoms with Crippen molar-refractivity contribution in [3.63, 3.8) is 0 Å². The summed E-state index contributed by atoms with van der Waals surface area (Å²) in [5.74, 6) is -0.704. The molecule has 0 aliphatic carbocycles. The summed E-state index contributed by atoms with van der Waals surface area (Å²) < 4.78 is 9.49. The van der Waals surface area contributed by atoms with Crippen LogP contribution in [0.3, 0.4) is 0 Å². The topological polar surface area (TPSA) is 52.6 Å². The highest BCUT2D eigenvalue weighted by Gasteiger charge is 2.16. The molecule has 4 heteroatoms. The summed E-state index contributed by atoms with van der Waals surface area (Å²) in [5.41, 5.74) is 0. The summed E-state index contributed by atoms with van der Waals surface area (Å²) in [7, 11) is 0. The lowest BCUT2D eigenvalue weighted by Crippen LogP contribution is -2.19. The summed E-state index contributed by atoms with van der Waals surface area (Å²) in [6.45, 7) is 5.40. The second-order valence-corrected chi connectivity index (χ2v) is 3.34. The number of carbonyl (C=O) groups excluding carboxylic acids is 2. The highest BCUT2D eigenvalue weighted by atomic mass is 16.7. The molecule has 0 aromatic rings. The van der Waals surface area contributed by atoms with Gasteiger partial charge in [-0.25, -0.2) is 0 Å². The van der Waals surface area contributed by atoms with Gasteiger partial charge in [-0.15, -0.1) is 0 Å². The van der Waals surface area contributed by atoms with Crippen molar-refractivity contribution in [2.45, 2.75) is 46.5 Å². The minimum Gasteiger partial charge on any atom is -0.428 e. The summed E-state index contributed by atoms with van der Waals surface area (Å²) in [4.78, 5) is 22.2. The molecule has 0 heterocycles. The Morgan fingerprint density at radius 2 is 1.80 bits per heavy atom. The van der Waals surface area contributed by atoms with Gasteiger partial charge >= 0.3 is 11.9 Å². The van der Waals surface area contributed by atoms with E-state index in [4.69, 9.17) is 4.74 Å². The van der Waals surface area contributed by atoms with Crippen LogP contribution in [0.25, 0.3) is 0 Å². The largest absolute Gasteiger partial charge is 0.428 e. The molecule has 0 aliphatic rings. The third-order valence-corrected chi connectivity index (χ3v) is 2.17. The molecule has 0 radical (unpaired) electrons. The van der Waals surface area contributed by atoms with Crippen LogP contribution in [-0.2, 0) is 19.1 Å². The van der Waals surface area contributed by atoms with Crippen LogP contribution in [0.4, 0.5) is 0 Å². The predicted molar refractivity (Wildman–Crippen MR) is 56.0 cm³/mol. The van der Waals surface area contributed by atoms with Crippen LogP contribution >= 0.6 is 0 Å². The first kappa shape index (κ1) is 13.9. The lowest BCUT2D eigenvalue weighted by atomic mass is 10.0. The minimum atomic E-state index is -0.355. The fourth-order valence-corrected chi connectivity index (χ4v) is 1.21. The quantitative estimate of drug-likeness (QED) is 0.484. The Morgan fingerprint density at radius 3 is 2.27 bits per heavy atom. The van der Waals surface area contributed by atoms with Gasteiger partial charge in [0.25, 0.3) is 0 Å². The van der Waals surface area contributed by atoms with Gasteiger partial charge in [-0.2, -0.15) is 0 Å². The normalized spacial score (nSPS) is 11.9. The van der Waals surface area contributed by atoms with E-state index in [1.807, 2.05) is 13.8 Å². The molecule has 0 saturated carbocycles. The van der Waals surface area contributed by atoms with E-state index in [-0.39, 0.29) is 24.6 Å². The molecule has 1 atom stereocenters. The summed E-state index contributed by atoms with van der Waals surface area (Å²) in [6, 6.07) is 0. The molecular formula is C11H20O4. The summed E-state index contributed by atoms with van der Waals surface area (Å²) in [5, 5.41) is 0. The average molecular weight is 216 g/mol. The van der Waals surface area contributed by atoms with Crippen molar-refractivity contribution in [1.82, 2.24) is 0 Å². The molecule has 0 aromatic heterocycles. The van der Waals surface area contributed by atoms with Gasteiger partial charge in [-0.3, -0.25) is 9.59 Å². The fraction of sp³-hybridized carbons (Fsp3) is 0.818. The van der Waals surface area contributed by atoms with E-state index in [0.717, 1.165) is 19.3 Å². The molecule has 0 aromatic carbocycles. The monoisotopic (exact) mass is 216 g/mol. The van der Waals surface area contributed by atoms with Gasteiger partial charge < -0.3 is 9.47 Å². The third kappa shape index (κ3) is 6.10. The molecule has 0 rings (SSSR count). The van der Waals surface area contributed by atoms with Gasteiger partial charge in [0.15, 0.2) is 0 Å².